The Morgan fingerprint density at radius 1 is 0.963 bits per heavy atom. The molecule has 0 fully saturated rings. The molecule has 6 nitrogen and oxygen atoms in total. The second-order valence-electron chi connectivity index (χ2n) is 6.28. The lowest BCUT2D eigenvalue weighted by atomic mass is 10.1. The lowest BCUT2D eigenvalue weighted by Gasteiger charge is -2.09. The van der Waals surface area contributed by atoms with Gasteiger partial charge in [-0.05, 0) is 42.0 Å². The summed E-state index contributed by atoms with van der Waals surface area (Å²) in [6, 6.07) is 21.8. The number of hydrogen-bond acceptors (Lipinski definition) is 3. The summed E-state index contributed by atoms with van der Waals surface area (Å²) >= 11 is 0. The van der Waals surface area contributed by atoms with Crippen LogP contribution in [0.1, 0.15) is 15.9 Å². The lowest BCUT2D eigenvalue weighted by molar-refractivity contribution is 0.102. The number of aromatic amines is 1. The number of fused-ring (bicyclic) bond motifs is 1. The molecule has 4 N–H and O–H groups in total. The summed E-state index contributed by atoms with van der Waals surface area (Å²) in [6.07, 6.45) is 0. The van der Waals surface area contributed by atoms with Crippen LogP contribution < -0.4 is 16.6 Å². The summed E-state index contributed by atoms with van der Waals surface area (Å²) in [7, 11) is 0. The van der Waals surface area contributed by atoms with Crippen molar-refractivity contribution in [3.8, 4) is 0 Å². The second-order valence-corrected chi connectivity index (χ2v) is 6.28. The number of rotatable bonds is 4. The first-order valence-corrected chi connectivity index (χ1v) is 8.54. The molecule has 134 valence electrons. The Hall–Kier alpha value is -3.80. The molecule has 0 aliphatic carbocycles. The van der Waals surface area contributed by atoms with E-state index >= 15 is 0 Å². The van der Waals surface area contributed by atoms with Gasteiger partial charge in [0, 0.05) is 5.56 Å². The zero-order valence-electron chi connectivity index (χ0n) is 14.5. The zero-order valence-corrected chi connectivity index (χ0v) is 14.5. The summed E-state index contributed by atoms with van der Waals surface area (Å²) in [4.78, 5) is 24.4. The SMILES string of the molecule is Nc1ccccc1NC(=O)c1ccc(Cn2[nH]c(=O)c3ccccc32)cc1. The molecule has 0 saturated heterocycles. The van der Waals surface area contributed by atoms with Gasteiger partial charge < -0.3 is 11.1 Å². The van der Waals surface area contributed by atoms with E-state index in [9.17, 15) is 9.59 Å². The molecule has 4 aromatic rings. The highest BCUT2D eigenvalue weighted by Gasteiger charge is 2.09. The minimum Gasteiger partial charge on any atom is -0.397 e. The standard InChI is InChI=1S/C21H18N4O2/c22-17-6-2-3-7-18(17)23-20(26)15-11-9-14(10-12-15)13-25-19-8-4-1-5-16(19)21(27)24-25/h1-12H,13,22H2,(H,23,26)(H,24,27). The Morgan fingerprint density at radius 3 is 2.44 bits per heavy atom. The highest BCUT2D eigenvalue weighted by atomic mass is 16.1. The van der Waals surface area contributed by atoms with Gasteiger partial charge in [-0.15, -0.1) is 0 Å². The van der Waals surface area contributed by atoms with E-state index in [2.05, 4.69) is 10.4 Å². The van der Waals surface area contributed by atoms with Gasteiger partial charge in [-0.25, -0.2) is 0 Å². The van der Waals surface area contributed by atoms with Crippen LogP contribution in [-0.4, -0.2) is 15.7 Å². The van der Waals surface area contributed by atoms with Crippen molar-refractivity contribution in [2.24, 2.45) is 0 Å². The average Bonchev–Trinajstić information content (AvgIpc) is 3.00. The highest BCUT2D eigenvalue weighted by Crippen LogP contribution is 2.18. The van der Waals surface area contributed by atoms with Crippen molar-refractivity contribution in [3.05, 3.63) is 94.3 Å². The van der Waals surface area contributed by atoms with Crippen LogP contribution in [0.4, 0.5) is 11.4 Å². The largest absolute Gasteiger partial charge is 0.397 e. The number of carbonyl (C=O) groups is 1. The van der Waals surface area contributed by atoms with Gasteiger partial charge in [0.15, 0.2) is 0 Å². The molecule has 4 rings (SSSR count). The minimum absolute atomic E-state index is 0.109. The van der Waals surface area contributed by atoms with E-state index in [1.807, 2.05) is 42.5 Å². The molecule has 0 aliphatic rings. The summed E-state index contributed by atoms with van der Waals surface area (Å²) in [5.74, 6) is -0.223. The molecule has 1 aromatic heterocycles. The molecule has 3 aromatic carbocycles. The van der Waals surface area contributed by atoms with Crippen LogP contribution in [0.25, 0.3) is 10.9 Å². The Balaban J connectivity index is 1.53. The highest BCUT2D eigenvalue weighted by molar-refractivity contribution is 6.05. The molecule has 0 radical (unpaired) electrons. The number of nitrogens with one attached hydrogen (secondary N) is 2. The molecule has 0 spiro atoms. The number of hydrogen-bond donors (Lipinski definition) is 3. The molecule has 1 amide bonds. The predicted molar refractivity (Wildman–Crippen MR) is 107 cm³/mol. The molecule has 0 aliphatic heterocycles. The van der Waals surface area contributed by atoms with Crippen LogP contribution in [0, 0.1) is 0 Å². The molecule has 0 unspecified atom stereocenters. The molecule has 0 bridgehead atoms. The molecular formula is C21H18N4O2. The van der Waals surface area contributed by atoms with E-state index in [1.54, 1.807) is 35.0 Å². The average molecular weight is 358 g/mol. The van der Waals surface area contributed by atoms with Crippen molar-refractivity contribution in [2.45, 2.75) is 6.54 Å². The normalized spacial score (nSPS) is 10.8. The van der Waals surface area contributed by atoms with Gasteiger partial charge in [0.25, 0.3) is 11.5 Å². The number of nitrogen functional groups attached to an aromatic ring is 1. The fraction of sp³-hybridized carbons (Fsp3) is 0.0476. The third kappa shape index (κ3) is 3.32. The Labute approximate surface area is 155 Å². The van der Waals surface area contributed by atoms with Crippen LogP contribution in [0.3, 0.4) is 0 Å². The summed E-state index contributed by atoms with van der Waals surface area (Å²) in [6.45, 7) is 0.510. The smallest absolute Gasteiger partial charge is 0.271 e. The van der Waals surface area contributed by atoms with Gasteiger partial charge in [0.1, 0.15) is 0 Å². The monoisotopic (exact) mass is 358 g/mol. The quantitative estimate of drug-likeness (QED) is 0.489. The van der Waals surface area contributed by atoms with Crippen LogP contribution in [0.15, 0.2) is 77.6 Å². The van der Waals surface area contributed by atoms with E-state index in [0.29, 0.717) is 28.9 Å². The van der Waals surface area contributed by atoms with Crippen LogP contribution in [-0.2, 0) is 6.54 Å². The Kier molecular flexibility index (Phi) is 4.22. The number of nitrogens with two attached hydrogens (primary N) is 1. The van der Waals surface area contributed by atoms with E-state index in [4.69, 9.17) is 5.73 Å². The summed E-state index contributed by atoms with van der Waals surface area (Å²) in [5, 5.41) is 6.31. The van der Waals surface area contributed by atoms with Crippen LogP contribution in [0.2, 0.25) is 0 Å². The number of para-hydroxylation sites is 3. The van der Waals surface area contributed by atoms with Gasteiger partial charge in [-0.2, -0.15) is 0 Å². The van der Waals surface area contributed by atoms with Gasteiger partial charge >= 0.3 is 0 Å². The third-order valence-electron chi connectivity index (χ3n) is 4.44. The van der Waals surface area contributed by atoms with Crippen molar-refractivity contribution < 1.29 is 4.79 Å². The van der Waals surface area contributed by atoms with E-state index < -0.39 is 0 Å². The van der Waals surface area contributed by atoms with Crippen molar-refractivity contribution >= 4 is 28.2 Å². The van der Waals surface area contributed by atoms with Gasteiger partial charge in [0.05, 0.1) is 28.8 Å². The number of benzene rings is 3. The molecule has 0 saturated carbocycles. The number of amides is 1. The lowest BCUT2D eigenvalue weighted by Crippen LogP contribution is -2.13. The van der Waals surface area contributed by atoms with Crippen molar-refractivity contribution in [1.82, 2.24) is 9.78 Å². The number of carbonyl (C=O) groups excluding carboxylic acids is 1. The molecule has 0 atom stereocenters. The minimum atomic E-state index is -0.223. The first-order valence-electron chi connectivity index (χ1n) is 8.54. The van der Waals surface area contributed by atoms with E-state index in [-0.39, 0.29) is 11.5 Å². The molecule has 1 heterocycles. The molecule has 6 heteroatoms. The first-order chi connectivity index (χ1) is 13.1. The number of anilines is 2. The Bertz CT molecular complexity index is 1170. The summed E-state index contributed by atoms with van der Waals surface area (Å²) in [5.41, 5.74) is 9.21. The van der Waals surface area contributed by atoms with E-state index in [1.165, 1.54) is 0 Å². The maximum atomic E-state index is 12.4. The van der Waals surface area contributed by atoms with Gasteiger partial charge in [-0.1, -0.05) is 36.4 Å². The maximum absolute atomic E-state index is 12.4. The second kappa shape index (κ2) is 6.84. The first kappa shape index (κ1) is 16.7. The fourth-order valence-electron chi connectivity index (χ4n) is 3.02. The molecular weight excluding hydrogens is 340 g/mol. The van der Waals surface area contributed by atoms with Crippen molar-refractivity contribution in [3.63, 3.8) is 0 Å². The van der Waals surface area contributed by atoms with Crippen LogP contribution in [0.5, 0.6) is 0 Å². The number of aromatic nitrogens is 2. The van der Waals surface area contributed by atoms with E-state index in [0.717, 1.165) is 11.1 Å². The zero-order chi connectivity index (χ0) is 18.8. The van der Waals surface area contributed by atoms with Crippen molar-refractivity contribution in [2.75, 3.05) is 11.1 Å². The van der Waals surface area contributed by atoms with Crippen LogP contribution >= 0.6 is 0 Å². The van der Waals surface area contributed by atoms with Gasteiger partial charge in [-0.3, -0.25) is 19.4 Å². The number of H-pyrrole nitrogens is 1. The summed E-state index contributed by atoms with van der Waals surface area (Å²) < 4.78 is 1.80. The fourth-order valence-corrected chi connectivity index (χ4v) is 3.02. The van der Waals surface area contributed by atoms with Crippen molar-refractivity contribution in [1.29, 1.82) is 0 Å². The predicted octanol–water partition coefficient (Wildman–Crippen LogP) is 3.21. The molecule has 27 heavy (non-hydrogen) atoms. The Morgan fingerprint density at radius 2 is 1.67 bits per heavy atom. The third-order valence-corrected chi connectivity index (χ3v) is 4.44. The maximum Gasteiger partial charge on any atom is 0.271 e. The number of nitrogens with zero attached hydrogens (tertiary/aromatic N) is 1. The van der Waals surface area contributed by atoms with Gasteiger partial charge in [0.2, 0.25) is 0 Å². The topological polar surface area (TPSA) is 92.9 Å².